The van der Waals surface area contributed by atoms with Gasteiger partial charge in [0.25, 0.3) is 11.6 Å². The van der Waals surface area contributed by atoms with Crippen LogP contribution in [-0.2, 0) is 17.4 Å². The highest BCUT2D eigenvalue weighted by Gasteiger charge is 2.37. The molecule has 0 saturated carbocycles. The molecule has 0 unspecified atom stereocenters. The SMILES string of the molecule is Cc1nc2nc(C(F)(F)F)nn2c(C)c1CC(=O)Nc1cccc(C#N)c1. The average molecular weight is 374 g/mol. The molecule has 0 saturated heterocycles. The minimum atomic E-state index is -4.68. The number of fused-ring (bicyclic) bond motifs is 1. The Kier molecular flexibility index (Phi) is 4.53. The molecule has 1 amide bonds. The first-order valence-corrected chi connectivity index (χ1v) is 7.79. The van der Waals surface area contributed by atoms with Crippen LogP contribution < -0.4 is 5.32 Å². The second-order valence-electron chi connectivity index (χ2n) is 5.82. The minimum absolute atomic E-state index is 0.113. The number of aromatic nitrogens is 4. The Morgan fingerprint density at radius 1 is 1.30 bits per heavy atom. The number of hydrogen-bond donors (Lipinski definition) is 1. The number of halogens is 3. The summed E-state index contributed by atoms with van der Waals surface area (Å²) in [5.41, 5.74) is 2.03. The first-order valence-electron chi connectivity index (χ1n) is 7.79. The predicted molar refractivity (Wildman–Crippen MR) is 88.7 cm³/mol. The molecule has 1 aromatic carbocycles. The summed E-state index contributed by atoms with van der Waals surface area (Å²) in [5, 5.41) is 15.0. The topological polar surface area (TPSA) is 96.0 Å². The van der Waals surface area contributed by atoms with Crippen molar-refractivity contribution in [2.75, 3.05) is 5.32 Å². The zero-order valence-electron chi connectivity index (χ0n) is 14.3. The van der Waals surface area contributed by atoms with Crippen molar-refractivity contribution in [2.24, 2.45) is 0 Å². The fraction of sp³-hybridized carbons (Fsp3) is 0.235. The minimum Gasteiger partial charge on any atom is -0.326 e. The van der Waals surface area contributed by atoms with Gasteiger partial charge in [-0.15, -0.1) is 5.10 Å². The molecule has 0 aliphatic carbocycles. The van der Waals surface area contributed by atoms with Crippen LogP contribution in [-0.4, -0.2) is 25.5 Å². The van der Waals surface area contributed by atoms with Gasteiger partial charge in [0.2, 0.25) is 5.91 Å². The van der Waals surface area contributed by atoms with Crippen molar-refractivity contribution >= 4 is 17.4 Å². The Balaban J connectivity index is 1.90. The van der Waals surface area contributed by atoms with Crippen LogP contribution in [0.15, 0.2) is 24.3 Å². The third kappa shape index (κ3) is 3.72. The van der Waals surface area contributed by atoms with E-state index in [1.54, 1.807) is 32.0 Å². The quantitative estimate of drug-likeness (QED) is 0.761. The third-order valence-electron chi connectivity index (χ3n) is 3.92. The van der Waals surface area contributed by atoms with Crippen LogP contribution in [0.25, 0.3) is 5.78 Å². The van der Waals surface area contributed by atoms with E-state index >= 15 is 0 Å². The highest BCUT2D eigenvalue weighted by molar-refractivity contribution is 5.92. The molecule has 7 nitrogen and oxygen atoms in total. The van der Waals surface area contributed by atoms with Crippen molar-refractivity contribution in [2.45, 2.75) is 26.4 Å². The number of alkyl halides is 3. The summed E-state index contributed by atoms with van der Waals surface area (Å²) in [5.74, 6) is -1.86. The van der Waals surface area contributed by atoms with Crippen molar-refractivity contribution in [1.82, 2.24) is 19.6 Å². The van der Waals surface area contributed by atoms with Crippen LogP contribution >= 0.6 is 0 Å². The van der Waals surface area contributed by atoms with Crippen LogP contribution in [0.2, 0.25) is 0 Å². The van der Waals surface area contributed by atoms with Gasteiger partial charge in [-0.25, -0.2) is 9.50 Å². The predicted octanol–water partition coefficient (Wildman–Crippen LogP) is 2.81. The third-order valence-corrected chi connectivity index (χ3v) is 3.92. The molecule has 3 aromatic rings. The van der Waals surface area contributed by atoms with Crippen molar-refractivity contribution in [3.63, 3.8) is 0 Å². The number of nitrogens with zero attached hydrogens (tertiary/aromatic N) is 5. The number of rotatable bonds is 3. The van der Waals surface area contributed by atoms with E-state index < -0.39 is 17.9 Å². The lowest BCUT2D eigenvalue weighted by molar-refractivity contribution is -0.144. The average Bonchev–Trinajstić information content (AvgIpc) is 3.03. The van der Waals surface area contributed by atoms with E-state index in [4.69, 9.17) is 5.26 Å². The maximum atomic E-state index is 12.8. The van der Waals surface area contributed by atoms with Crippen LogP contribution in [0.3, 0.4) is 0 Å². The van der Waals surface area contributed by atoms with E-state index in [1.807, 2.05) is 6.07 Å². The Morgan fingerprint density at radius 2 is 2.04 bits per heavy atom. The molecular formula is C17H13F3N6O. The molecule has 0 fully saturated rings. The number of nitriles is 1. The Hall–Kier alpha value is -3.48. The van der Waals surface area contributed by atoms with E-state index in [-0.39, 0.29) is 12.2 Å². The Labute approximate surface area is 151 Å². The summed E-state index contributed by atoms with van der Waals surface area (Å²) < 4.78 is 39.4. The fourth-order valence-corrected chi connectivity index (χ4v) is 2.62. The number of anilines is 1. The van der Waals surface area contributed by atoms with Gasteiger partial charge in [0.15, 0.2) is 0 Å². The lowest BCUT2D eigenvalue weighted by Crippen LogP contribution is -2.18. The van der Waals surface area contributed by atoms with Gasteiger partial charge in [0, 0.05) is 22.6 Å². The van der Waals surface area contributed by atoms with E-state index in [1.165, 1.54) is 6.07 Å². The van der Waals surface area contributed by atoms with Gasteiger partial charge in [0.1, 0.15) is 0 Å². The van der Waals surface area contributed by atoms with Gasteiger partial charge >= 0.3 is 6.18 Å². The molecule has 0 spiro atoms. The van der Waals surface area contributed by atoms with Gasteiger partial charge < -0.3 is 5.32 Å². The van der Waals surface area contributed by atoms with Crippen molar-refractivity contribution in [3.05, 3.63) is 52.6 Å². The highest BCUT2D eigenvalue weighted by Crippen LogP contribution is 2.27. The van der Waals surface area contributed by atoms with E-state index in [2.05, 4.69) is 20.4 Å². The van der Waals surface area contributed by atoms with Gasteiger partial charge in [-0.2, -0.15) is 23.4 Å². The summed E-state index contributed by atoms with van der Waals surface area (Å²) >= 11 is 0. The molecule has 10 heteroatoms. The summed E-state index contributed by atoms with van der Waals surface area (Å²) in [6.07, 6.45) is -4.80. The summed E-state index contributed by atoms with van der Waals surface area (Å²) in [6, 6.07) is 8.36. The van der Waals surface area contributed by atoms with Crippen LogP contribution in [0, 0.1) is 25.2 Å². The normalized spacial score (nSPS) is 11.4. The molecule has 0 bridgehead atoms. The molecular weight excluding hydrogens is 361 g/mol. The standard InChI is InChI=1S/C17H13F3N6O/c1-9-13(7-14(27)23-12-5-3-4-11(6-12)8-21)10(2)26-16(22-9)24-15(25-26)17(18,19)20/h3-6H,7H2,1-2H3,(H,23,27). The Bertz CT molecular complexity index is 1080. The lowest BCUT2D eigenvalue weighted by atomic mass is 10.1. The molecule has 0 aliphatic heterocycles. The molecule has 2 heterocycles. The first-order chi connectivity index (χ1) is 12.7. The van der Waals surface area contributed by atoms with Crippen molar-refractivity contribution in [3.8, 4) is 6.07 Å². The molecule has 3 rings (SSSR count). The molecule has 1 N–H and O–H groups in total. The fourth-order valence-electron chi connectivity index (χ4n) is 2.62. The summed E-state index contributed by atoms with van der Waals surface area (Å²) in [4.78, 5) is 19.8. The number of nitrogens with one attached hydrogen (secondary N) is 1. The number of carbonyl (C=O) groups excluding carboxylic acids is 1. The monoisotopic (exact) mass is 374 g/mol. The Morgan fingerprint density at radius 3 is 2.70 bits per heavy atom. The van der Waals surface area contributed by atoms with Gasteiger partial charge in [-0.1, -0.05) is 6.07 Å². The summed E-state index contributed by atoms with van der Waals surface area (Å²) in [6.45, 7) is 3.14. The second kappa shape index (κ2) is 6.68. The van der Waals surface area contributed by atoms with E-state index in [0.717, 1.165) is 4.52 Å². The molecule has 27 heavy (non-hydrogen) atoms. The zero-order chi connectivity index (χ0) is 19.8. The number of amides is 1. The lowest BCUT2D eigenvalue weighted by Gasteiger charge is -2.11. The summed E-state index contributed by atoms with van der Waals surface area (Å²) in [7, 11) is 0. The van der Waals surface area contributed by atoms with Gasteiger partial charge in [-0.05, 0) is 32.0 Å². The van der Waals surface area contributed by atoms with Crippen LogP contribution in [0.4, 0.5) is 18.9 Å². The number of carbonyl (C=O) groups is 1. The van der Waals surface area contributed by atoms with Crippen molar-refractivity contribution < 1.29 is 18.0 Å². The first kappa shape index (κ1) is 18.3. The highest BCUT2D eigenvalue weighted by atomic mass is 19.4. The van der Waals surface area contributed by atoms with Crippen LogP contribution in [0.1, 0.15) is 28.3 Å². The molecule has 2 aromatic heterocycles. The zero-order valence-corrected chi connectivity index (χ0v) is 14.3. The van der Waals surface area contributed by atoms with E-state index in [0.29, 0.717) is 28.2 Å². The molecule has 0 atom stereocenters. The largest absolute Gasteiger partial charge is 0.453 e. The van der Waals surface area contributed by atoms with Crippen LogP contribution in [0.5, 0.6) is 0 Å². The number of benzene rings is 1. The number of aryl methyl sites for hydroxylation is 2. The smallest absolute Gasteiger partial charge is 0.326 e. The molecule has 0 aliphatic rings. The van der Waals surface area contributed by atoms with E-state index in [9.17, 15) is 18.0 Å². The van der Waals surface area contributed by atoms with Gasteiger partial charge in [-0.3, -0.25) is 4.79 Å². The maximum absolute atomic E-state index is 12.8. The maximum Gasteiger partial charge on any atom is 0.453 e. The second-order valence-corrected chi connectivity index (χ2v) is 5.82. The molecule has 138 valence electrons. The molecule has 0 radical (unpaired) electrons. The van der Waals surface area contributed by atoms with Gasteiger partial charge in [0.05, 0.1) is 18.1 Å². The van der Waals surface area contributed by atoms with Crippen molar-refractivity contribution in [1.29, 1.82) is 5.26 Å². The number of hydrogen-bond acceptors (Lipinski definition) is 5.